The number of carbonyl (C=O) groups is 2. The molecule has 2 amide bonds. The number of hydrogen-bond donors (Lipinski definition) is 2. The van der Waals surface area contributed by atoms with Crippen molar-refractivity contribution in [3.63, 3.8) is 0 Å². The summed E-state index contributed by atoms with van der Waals surface area (Å²) in [5.41, 5.74) is 2.87. The van der Waals surface area contributed by atoms with E-state index in [-0.39, 0.29) is 29.4 Å². The first-order chi connectivity index (χ1) is 13.0. The number of thioether (sulfide) groups is 1. The Hall–Kier alpha value is -2.47. The van der Waals surface area contributed by atoms with Gasteiger partial charge in [0.05, 0.1) is 24.2 Å². The normalized spacial score (nSPS) is 11.5. The Morgan fingerprint density at radius 3 is 2.44 bits per heavy atom. The van der Waals surface area contributed by atoms with Gasteiger partial charge in [0.15, 0.2) is 0 Å². The molecule has 6 heteroatoms. The second-order valence-electron chi connectivity index (χ2n) is 6.20. The highest BCUT2D eigenvalue weighted by molar-refractivity contribution is 8.00. The summed E-state index contributed by atoms with van der Waals surface area (Å²) in [5.74, 6) is 1.08. The number of amides is 2. The van der Waals surface area contributed by atoms with Gasteiger partial charge >= 0.3 is 0 Å². The van der Waals surface area contributed by atoms with Gasteiger partial charge in [-0.3, -0.25) is 9.59 Å². The lowest BCUT2D eigenvalue weighted by Crippen LogP contribution is -2.28. The van der Waals surface area contributed by atoms with E-state index in [1.54, 1.807) is 0 Å². The van der Waals surface area contributed by atoms with Crippen molar-refractivity contribution in [2.24, 2.45) is 0 Å². The van der Waals surface area contributed by atoms with Gasteiger partial charge in [-0.05, 0) is 56.2 Å². The quantitative estimate of drug-likeness (QED) is 0.685. The molecule has 2 aromatic carbocycles. The molecule has 0 saturated heterocycles. The van der Waals surface area contributed by atoms with Gasteiger partial charge < -0.3 is 15.4 Å². The van der Waals surface area contributed by atoms with Crippen molar-refractivity contribution < 1.29 is 14.3 Å². The molecule has 0 bridgehead atoms. The molecule has 2 aromatic rings. The van der Waals surface area contributed by atoms with Crippen molar-refractivity contribution in [1.29, 1.82) is 0 Å². The lowest BCUT2D eigenvalue weighted by molar-refractivity contribution is -0.119. The smallest absolute Gasteiger partial charge is 0.234 e. The molecule has 0 aliphatic heterocycles. The van der Waals surface area contributed by atoms with E-state index >= 15 is 0 Å². The Kier molecular flexibility index (Phi) is 8.20. The van der Waals surface area contributed by atoms with Gasteiger partial charge in [-0.2, -0.15) is 0 Å². The Bertz CT molecular complexity index is 762. The van der Waals surface area contributed by atoms with Crippen LogP contribution in [0.5, 0.6) is 5.75 Å². The van der Waals surface area contributed by atoms with Crippen molar-refractivity contribution in [2.75, 3.05) is 23.4 Å². The van der Waals surface area contributed by atoms with E-state index in [9.17, 15) is 9.59 Å². The van der Waals surface area contributed by atoms with Crippen LogP contribution in [0.3, 0.4) is 0 Å². The first kappa shape index (κ1) is 20.8. The molecule has 0 aliphatic carbocycles. The van der Waals surface area contributed by atoms with Gasteiger partial charge in [-0.15, -0.1) is 11.8 Å². The summed E-state index contributed by atoms with van der Waals surface area (Å²) in [7, 11) is 0. The molecule has 144 valence electrons. The summed E-state index contributed by atoms with van der Waals surface area (Å²) in [6.45, 7) is 6.47. The minimum atomic E-state index is -0.113. The molecule has 27 heavy (non-hydrogen) atoms. The molecule has 0 saturated carbocycles. The molecule has 0 heterocycles. The predicted molar refractivity (Wildman–Crippen MR) is 111 cm³/mol. The minimum Gasteiger partial charge on any atom is -0.494 e. The fourth-order valence-electron chi connectivity index (χ4n) is 2.54. The number of aryl methyl sites for hydroxylation is 1. The van der Waals surface area contributed by atoms with Crippen LogP contribution in [-0.4, -0.2) is 29.9 Å². The maximum Gasteiger partial charge on any atom is 0.234 e. The number of hydrogen-bond acceptors (Lipinski definition) is 4. The third-order valence-corrected chi connectivity index (χ3v) is 4.77. The molecular formula is C21H26N2O3S. The molecule has 1 unspecified atom stereocenters. The largest absolute Gasteiger partial charge is 0.494 e. The Balaban J connectivity index is 1.71. The number of anilines is 1. The van der Waals surface area contributed by atoms with Crippen LogP contribution < -0.4 is 15.4 Å². The summed E-state index contributed by atoms with van der Waals surface area (Å²) in [5, 5.41) is 5.78. The molecule has 0 radical (unpaired) electrons. The van der Waals surface area contributed by atoms with E-state index in [2.05, 4.69) is 10.6 Å². The molecule has 2 rings (SSSR count). The fourth-order valence-corrected chi connectivity index (χ4v) is 3.17. The number of nitrogens with one attached hydrogen (secondary N) is 2. The van der Waals surface area contributed by atoms with Gasteiger partial charge in [-0.1, -0.05) is 24.3 Å². The Morgan fingerprint density at radius 1 is 1.07 bits per heavy atom. The molecule has 0 fully saturated rings. The van der Waals surface area contributed by atoms with Gasteiger partial charge in [0.1, 0.15) is 5.75 Å². The van der Waals surface area contributed by atoms with Crippen LogP contribution in [0.1, 0.15) is 31.0 Å². The maximum atomic E-state index is 12.1. The topological polar surface area (TPSA) is 67.4 Å². The number of ether oxygens (including phenoxy) is 1. The van der Waals surface area contributed by atoms with Crippen molar-refractivity contribution in [3.8, 4) is 5.75 Å². The third kappa shape index (κ3) is 7.35. The summed E-state index contributed by atoms with van der Waals surface area (Å²) in [4.78, 5) is 24.1. The number of benzene rings is 2. The van der Waals surface area contributed by atoms with Gasteiger partial charge in [0.25, 0.3) is 0 Å². The van der Waals surface area contributed by atoms with Crippen molar-refractivity contribution in [1.82, 2.24) is 5.32 Å². The fraction of sp³-hybridized carbons (Fsp3) is 0.333. The molecule has 0 aromatic heterocycles. The molecule has 0 aliphatic rings. The molecule has 5 nitrogen and oxygen atoms in total. The summed E-state index contributed by atoms with van der Waals surface area (Å²) >= 11 is 1.30. The molecule has 0 spiro atoms. The standard InChI is InChI=1S/C21H26N2O3S/c1-4-26-19-10-8-17(9-11-19)16(3)22-20(24)13-27-14-21(25)23-18-7-5-6-15(2)12-18/h5-12,16H,4,13-14H2,1-3H3,(H,22,24)(H,23,25). The maximum absolute atomic E-state index is 12.1. The van der Waals surface area contributed by atoms with Crippen LogP contribution in [0.15, 0.2) is 48.5 Å². The van der Waals surface area contributed by atoms with Crippen molar-refractivity contribution in [3.05, 3.63) is 59.7 Å². The van der Waals surface area contributed by atoms with E-state index < -0.39 is 0 Å². The SMILES string of the molecule is CCOc1ccc(C(C)NC(=O)CSCC(=O)Nc2cccc(C)c2)cc1. The summed E-state index contributed by atoms with van der Waals surface area (Å²) in [6.07, 6.45) is 0. The first-order valence-corrected chi connectivity index (χ1v) is 10.1. The van der Waals surface area contributed by atoms with E-state index in [1.165, 1.54) is 11.8 Å². The lowest BCUT2D eigenvalue weighted by Gasteiger charge is -2.15. The zero-order chi connectivity index (χ0) is 19.6. The molecule has 2 N–H and O–H groups in total. The number of rotatable bonds is 9. The average molecular weight is 387 g/mol. The van der Waals surface area contributed by atoms with Crippen LogP contribution in [0, 0.1) is 6.92 Å². The second kappa shape index (κ2) is 10.6. The molecular weight excluding hydrogens is 360 g/mol. The monoisotopic (exact) mass is 386 g/mol. The first-order valence-electron chi connectivity index (χ1n) is 8.94. The van der Waals surface area contributed by atoms with Crippen molar-refractivity contribution in [2.45, 2.75) is 26.8 Å². The summed E-state index contributed by atoms with van der Waals surface area (Å²) in [6, 6.07) is 15.2. The number of carbonyl (C=O) groups excluding carboxylic acids is 2. The predicted octanol–water partition coefficient (Wildman–Crippen LogP) is 3.94. The van der Waals surface area contributed by atoms with Gasteiger partial charge in [0.2, 0.25) is 11.8 Å². The van der Waals surface area contributed by atoms with Crippen LogP contribution in [0.2, 0.25) is 0 Å². The van der Waals surface area contributed by atoms with Crippen molar-refractivity contribution >= 4 is 29.3 Å². The zero-order valence-electron chi connectivity index (χ0n) is 16.0. The highest BCUT2D eigenvalue weighted by atomic mass is 32.2. The van der Waals surface area contributed by atoms with E-state index in [0.29, 0.717) is 6.61 Å². The Morgan fingerprint density at radius 2 is 1.78 bits per heavy atom. The third-order valence-electron chi connectivity index (χ3n) is 3.84. The van der Waals surface area contributed by atoms with Crippen LogP contribution >= 0.6 is 11.8 Å². The summed E-state index contributed by atoms with van der Waals surface area (Å²) < 4.78 is 5.42. The highest BCUT2D eigenvalue weighted by Gasteiger charge is 2.11. The van der Waals surface area contributed by atoms with E-state index in [1.807, 2.05) is 69.3 Å². The minimum absolute atomic E-state index is 0.0928. The van der Waals surface area contributed by atoms with E-state index in [4.69, 9.17) is 4.74 Å². The second-order valence-corrected chi connectivity index (χ2v) is 7.19. The van der Waals surface area contributed by atoms with Crippen LogP contribution in [0.4, 0.5) is 5.69 Å². The van der Waals surface area contributed by atoms with Crippen LogP contribution in [-0.2, 0) is 9.59 Å². The zero-order valence-corrected chi connectivity index (χ0v) is 16.8. The Labute approximate surface area is 164 Å². The lowest BCUT2D eigenvalue weighted by atomic mass is 10.1. The average Bonchev–Trinajstić information content (AvgIpc) is 2.62. The van der Waals surface area contributed by atoms with Crippen LogP contribution in [0.25, 0.3) is 0 Å². The van der Waals surface area contributed by atoms with E-state index in [0.717, 1.165) is 22.6 Å². The van der Waals surface area contributed by atoms with Gasteiger partial charge in [-0.25, -0.2) is 0 Å². The van der Waals surface area contributed by atoms with Gasteiger partial charge in [0, 0.05) is 5.69 Å². The highest BCUT2D eigenvalue weighted by Crippen LogP contribution is 2.18. The molecule has 1 atom stereocenters.